The summed E-state index contributed by atoms with van der Waals surface area (Å²) in [6.45, 7) is 3.67. The quantitative estimate of drug-likeness (QED) is 0.327. The topological polar surface area (TPSA) is 23.8 Å². The van der Waals surface area contributed by atoms with Gasteiger partial charge in [-0.2, -0.15) is 0 Å². The van der Waals surface area contributed by atoms with Crippen molar-refractivity contribution in [2.75, 3.05) is 0 Å². The molecule has 0 aromatic rings. The van der Waals surface area contributed by atoms with E-state index >= 15 is 0 Å². The molecule has 2 heteroatoms. The van der Waals surface area contributed by atoms with Crippen molar-refractivity contribution in [1.82, 2.24) is 0 Å². The molecule has 0 amide bonds. The van der Waals surface area contributed by atoms with Crippen LogP contribution in [-0.4, -0.2) is 6.04 Å². The van der Waals surface area contributed by atoms with Gasteiger partial charge in [0.2, 0.25) is 0 Å². The Balaban J connectivity index is 0. The third kappa shape index (κ3) is 28.4. The molecule has 0 aliphatic rings. The van der Waals surface area contributed by atoms with E-state index in [0.717, 1.165) is 0 Å². The Labute approximate surface area is 75.7 Å². The van der Waals surface area contributed by atoms with Gasteiger partial charge in [-0.15, -0.1) is 6.04 Å². The fourth-order valence-corrected chi connectivity index (χ4v) is 0. The summed E-state index contributed by atoms with van der Waals surface area (Å²) in [6.07, 6.45) is 0. The first-order valence-corrected chi connectivity index (χ1v) is 1.44. The van der Waals surface area contributed by atoms with Gasteiger partial charge < -0.3 is 5.73 Å². The molecule has 26 valence electrons. The maximum Gasteiger partial charge on any atom is 1.00 e. The molecule has 0 bridgehead atoms. The van der Waals surface area contributed by atoms with Crippen LogP contribution in [0.15, 0.2) is 0 Å². The van der Waals surface area contributed by atoms with Crippen molar-refractivity contribution < 1.29 is 51.4 Å². The van der Waals surface area contributed by atoms with Gasteiger partial charge in [0.15, 0.2) is 0 Å². The fourth-order valence-electron chi connectivity index (χ4n) is 0. The summed E-state index contributed by atoms with van der Waals surface area (Å²) in [6, 6.07) is 0.0833. The van der Waals surface area contributed by atoms with E-state index in [4.69, 9.17) is 5.73 Å². The molecule has 0 unspecified atom stereocenters. The van der Waals surface area contributed by atoms with E-state index in [2.05, 4.69) is 0 Å². The van der Waals surface area contributed by atoms with E-state index in [1.54, 1.807) is 0 Å². The van der Waals surface area contributed by atoms with E-state index in [9.17, 15) is 0 Å². The molecule has 0 heterocycles. The smallest absolute Gasteiger partial charge is 0.675 e. The third-order valence-electron chi connectivity index (χ3n) is 0. The van der Waals surface area contributed by atoms with Gasteiger partial charge in [0.05, 0.1) is 0 Å². The molecule has 0 spiro atoms. The number of rotatable bonds is 0. The number of nitrogens with one attached hydrogen (secondary N) is 1. The molecule has 0 atom stereocenters. The monoisotopic (exact) mass is 97.0 g/mol. The van der Waals surface area contributed by atoms with Crippen molar-refractivity contribution >= 4 is 0 Å². The zero-order chi connectivity index (χ0) is 3.58. The second-order valence-corrected chi connectivity index (χ2v) is 1.15. The van der Waals surface area contributed by atoms with Gasteiger partial charge in [-0.25, -0.2) is 0 Å². The summed E-state index contributed by atoms with van der Waals surface area (Å²) < 4.78 is 0. The first-order valence-electron chi connectivity index (χ1n) is 1.44. The van der Waals surface area contributed by atoms with Gasteiger partial charge in [-0.05, 0) is 0 Å². The largest absolute Gasteiger partial charge is 1.00 e. The Kier molecular flexibility index (Phi) is 10.9. The minimum atomic E-state index is 0. The molecule has 0 rings (SSSR count). The zero-order valence-corrected chi connectivity index (χ0v) is 7.20. The predicted octanol–water partition coefficient (Wildman–Crippen LogP) is -1.55. The van der Waals surface area contributed by atoms with Crippen LogP contribution in [0.2, 0.25) is 0 Å². The van der Waals surface area contributed by atoms with Crippen LogP contribution in [0.3, 0.4) is 0 Å². The van der Waals surface area contributed by atoms with Gasteiger partial charge in [0.1, 0.15) is 0 Å². The van der Waals surface area contributed by atoms with Crippen molar-refractivity contribution in [1.29, 1.82) is 0 Å². The summed E-state index contributed by atoms with van der Waals surface area (Å²) in [7, 11) is 0. The van der Waals surface area contributed by atoms with Gasteiger partial charge in [0, 0.05) is 0 Å². The minimum Gasteiger partial charge on any atom is -0.675 e. The van der Waals surface area contributed by atoms with Crippen LogP contribution < -0.4 is 51.4 Å². The van der Waals surface area contributed by atoms with Crippen molar-refractivity contribution in [3.05, 3.63) is 5.73 Å². The standard InChI is InChI=1S/C3H8N.K/c1-3(2)4;/h3-4H,1-2H3;/q-1;+1. The normalized spacial score (nSPS) is 7.20. The Hall–Kier alpha value is 1.60. The van der Waals surface area contributed by atoms with Gasteiger partial charge in [-0.1, -0.05) is 13.8 Å². The maximum atomic E-state index is 6.58. The van der Waals surface area contributed by atoms with Crippen molar-refractivity contribution in [2.45, 2.75) is 19.9 Å². The molecule has 5 heavy (non-hydrogen) atoms. The van der Waals surface area contributed by atoms with Crippen LogP contribution in [0.1, 0.15) is 13.8 Å². The van der Waals surface area contributed by atoms with E-state index in [1.807, 2.05) is 13.8 Å². The number of hydrogen-bond donors (Lipinski definition) is 0. The summed E-state index contributed by atoms with van der Waals surface area (Å²) in [5.74, 6) is 0. The first kappa shape index (κ1) is 9.78. The average Bonchev–Trinajstić information content (AvgIpc) is 0.811. The molecule has 0 saturated heterocycles. The predicted molar refractivity (Wildman–Crippen MR) is 19.5 cm³/mol. The van der Waals surface area contributed by atoms with Gasteiger partial charge in [0.25, 0.3) is 0 Å². The molecule has 1 nitrogen and oxygen atoms in total. The molecular formula is C3H8KN. The van der Waals surface area contributed by atoms with Gasteiger partial charge in [-0.3, -0.25) is 0 Å². The second kappa shape index (κ2) is 5.60. The first-order chi connectivity index (χ1) is 1.73. The van der Waals surface area contributed by atoms with E-state index in [0.29, 0.717) is 0 Å². The fraction of sp³-hybridized carbons (Fsp3) is 1.00. The zero-order valence-electron chi connectivity index (χ0n) is 4.08. The molecule has 0 saturated carbocycles. The van der Waals surface area contributed by atoms with Crippen LogP contribution in [0.25, 0.3) is 5.73 Å². The average molecular weight is 97.2 g/mol. The third-order valence-corrected chi connectivity index (χ3v) is 0. The van der Waals surface area contributed by atoms with E-state index in [1.165, 1.54) is 0 Å². The Morgan fingerprint density at radius 1 is 1.40 bits per heavy atom. The molecule has 0 aliphatic heterocycles. The summed E-state index contributed by atoms with van der Waals surface area (Å²) >= 11 is 0. The molecule has 0 aromatic heterocycles. The second-order valence-electron chi connectivity index (χ2n) is 1.15. The molecule has 0 radical (unpaired) electrons. The van der Waals surface area contributed by atoms with Gasteiger partial charge >= 0.3 is 51.4 Å². The minimum absolute atomic E-state index is 0. The molecule has 0 fully saturated rings. The van der Waals surface area contributed by atoms with E-state index < -0.39 is 0 Å². The van der Waals surface area contributed by atoms with E-state index in [-0.39, 0.29) is 57.4 Å². The SMILES string of the molecule is CC(C)[NH-].[K+]. The van der Waals surface area contributed by atoms with Crippen molar-refractivity contribution in [3.8, 4) is 0 Å². The number of hydrogen-bond acceptors (Lipinski definition) is 0. The Morgan fingerprint density at radius 3 is 1.40 bits per heavy atom. The maximum absolute atomic E-state index is 6.58. The molecular weight excluding hydrogens is 89.1 g/mol. The summed E-state index contributed by atoms with van der Waals surface area (Å²) in [4.78, 5) is 0. The molecule has 0 aromatic carbocycles. The van der Waals surface area contributed by atoms with Crippen LogP contribution in [-0.2, 0) is 0 Å². The van der Waals surface area contributed by atoms with Crippen molar-refractivity contribution in [2.24, 2.45) is 0 Å². The van der Waals surface area contributed by atoms with Crippen LogP contribution in [0.4, 0.5) is 0 Å². The Morgan fingerprint density at radius 2 is 1.40 bits per heavy atom. The molecule has 1 N–H and O–H groups in total. The molecule has 0 aliphatic carbocycles. The summed E-state index contributed by atoms with van der Waals surface area (Å²) in [5, 5.41) is 0. The Bertz CT molecular complexity index is 11.6. The van der Waals surface area contributed by atoms with Crippen LogP contribution in [0.5, 0.6) is 0 Å². The van der Waals surface area contributed by atoms with Crippen LogP contribution >= 0.6 is 0 Å². The van der Waals surface area contributed by atoms with Crippen molar-refractivity contribution in [3.63, 3.8) is 0 Å². The summed E-state index contributed by atoms with van der Waals surface area (Å²) in [5.41, 5.74) is 6.58. The van der Waals surface area contributed by atoms with Crippen LogP contribution in [0, 0.1) is 0 Å².